The van der Waals surface area contributed by atoms with Crippen molar-refractivity contribution >= 4 is 16.4 Å². The zero-order chi connectivity index (χ0) is 12.5. The van der Waals surface area contributed by atoms with Gasteiger partial charge in [-0.15, -0.1) is 0 Å². The van der Waals surface area contributed by atoms with Gasteiger partial charge < -0.3 is 30.4 Å². The Bertz CT molecular complexity index is 427. The maximum absolute atomic E-state index is 11.0. The van der Waals surface area contributed by atoms with Gasteiger partial charge in [0, 0.05) is 0 Å². The average Bonchev–Trinajstić information content (AvgIpc) is 2.42. The second kappa shape index (κ2) is 5.29. The van der Waals surface area contributed by atoms with Gasteiger partial charge in [-0.1, -0.05) is 0 Å². The van der Waals surface area contributed by atoms with E-state index in [1.165, 1.54) is 0 Å². The molecule has 11 heteroatoms. The van der Waals surface area contributed by atoms with Crippen molar-refractivity contribution in [1.82, 2.24) is 6.15 Å². The van der Waals surface area contributed by atoms with Crippen molar-refractivity contribution in [2.24, 2.45) is 0 Å². The van der Waals surface area contributed by atoms with Crippen molar-refractivity contribution < 1.29 is 42.0 Å². The predicted molar refractivity (Wildman–Crippen MR) is 50.3 cm³/mol. The molecule has 0 amide bonds. The van der Waals surface area contributed by atoms with Crippen LogP contribution in [0.4, 0.5) is 0 Å². The highest BCUT2D eigenvalue weighted by Gasteiger charge is 2.42. The summed E-state index contributed by atoms with van der Waals surface area (Å²) < 4.78 is 36.9. The first kappa shape index (κ1) is 15.6. The lowest BCUT2D eigenvalue weighted by molar-refractivity contribution is -0.147. The molecular formula is C6H11NO9S. The fourth-order valence-electron chi connectivity index (χ4n) is 0.997. The number of aliphatic hydroxyl groups excluding tert-OH is 3. The van der Waals surface area contributed by atoms with Crippen LogP contribution in [0.1, 0.15) is 0 Å². The molecule has 0 saturated carbocycles. The maximum Gasteiger partial charge on any atom is 0.446 e. The first-order valence-corrected chi connectivity index (χ1v) is 5.22. The average molecular weight is 273 g/mol. The Labute approximate surface area is 95.6 Å². The molecule has 0 spiro atoms. The van der Waals surface area contributed by atoms with Crippen LogP contribution in [0.5, 0.6) is 0 Å². The van der Waals surface area contributed by atoms with E-state index in [2.05, 4.69) is 8.92 Å². The second-order valence-electron chi connectivity index (χ2n) is 2.80. The third-order valence-electron chi connectivity index (χ3n) is 1.65. The Balaban J connectivity index is 0.00000256. The number of hydrogen-bond acceptors (Lipinski definition) is 9. The van der Waals surface area contributed by atoms with E-state index in [1.807, 2.05) is 0 Å². The summed E-state index contributed by atoms with van der Waals surface area (Å²) >= 11 is 0. The van der Waals surface area contributed by atoms with Gasteiger partial charge in [0.2, 0.25) is 0 Å². The van der Waals surface area contributed by atoms with E-state index in [-0.39, 0.29) is 6.15 Å². The highest BCUT2D eigenvalue weighted by atomic mass is 32.3. The molecule has 0 aromatic rings. The van der Waals surface area contributed by atoms with Gasteiger partial charge in [-0.25, -0.2) is 4.79 Å². The molecule has 0 aromatic heterocycles. The maximum atomic E-state index is 11.0. The number of carbonyl (C=O) groups is 1. The van der Waals surface area contributed by atoms with Crippen LogP contribution < -0.4 is 6.15 Å². The summed E-state index contributed by atoms with van der Waals surface area (Å²) in [5.74, 6) is -3.56. The molecular weight excluding hydrogens is 262 g/mol. The first-order valence-electron chi connectivity index (χ1n) is 3.86. The molecule has 0 aromatic carbocycles. The summed E-state index contributed by atoms with van der Waals surface area (Å²) in [6.45, 7) is -0.832. The van der Waals surface area contributed by atoms with Crippen molar-refractivity contribution in [2.75, 3.05) is 6.61 Å². The molecule has 2 atom stereocenters. The molecule has 0 fully saturated rings. The smallest absolute Gasteiger partial charge is 0.446 e. The Morgan fingerprint density at radius 2 is 2.00 bits per heavy atom. The summed E-state index contributed by atoms with van der Waals surface area (Å²) in [6, 6.07) is 0. The van der Waals surface area contributed by atoms with Gasteiger partial charge in [-0.2, -0.15) is 8.42 Å². The Morgan fingerprint density at radius 3 is 2.41 bits per heavy atom. The standard InChI is InChI=1S/C6H8O9S.H3N/c7-1-2(8)4-3(9)5(6(10)14-4)15-16(11,12)13;/h2,4,7-9H,1H2,(H,11,12,13);1H3/t2-,4+;/m0./s1. The molecule has 0 bridgehead atoms. The van der Waals surface area contributed by atoms with Gasteiger partial charge in [-0.05, 0) is 0 Å². The van der Waals surface area contributed by atoms with Gasteiger partial charge in [-0.3, -0.25) is 4.55 Å². The highest BCUT2D eigenvalue weighted by Crippen LogP contribution is 2.24. The van der Waals surface area contributed by atoms with E-state index in [0.717, 1.165) is 0 Å². The van der Waals surface area contributed by atoms with E-state index in [0.29, 0.717) is 0 Å². The number of aliphatic hydroxyl groups is 3. The van der Waals surface area contributed by atoms with Crippen molar-refractivity contribution in [3.8, 4) is 0 Å². The molecule has 100 valence electrons. The van der Waals surface area contributed by atoms with Crippen LogP contribution in [-0.4, -0.2) is 53.1 Å². The van der Waals surface area contributed by atoms with Gasteiger partial charge in [0.15, 0.2) is 11.9 Å². The molecule has 0 unspecified atom stereocenters. The zero-order valence-electron chi connectivity index (χ0n) is 8.31. The molecule has 1 rings (SSSR count). The summed E-state index contributed by atoms with van der Waals surface area (Å²) in [5.41, 5.74) is 0. The third kappa shape index (κ3) is 3.54. The van der Waals surface area contributed by atoms with E-state index < -0.39 is 46.7 Å². The molecule has 1 heterocycles. The summed E-state index contributed by atoms with van der Waals surface area (Å²) in [4.78, 5) is 11.0. The van der Waals surface area contributed by atoms with E-state index in [9.17, 15) is 18.3 Å². The topological polar surface area (TPSA) is 186 Å². The van der Waals surface area contributed by atoms with Crippen molar-refractivity contribution in [3.63, 3.8) is 0 Å². The van der Waals surface area contributed by atoms with E-state index >= 15 is 0 Å². The van der Waals surface area contributed by atoms with Gasteiger partial charge in [0.05, 0.1) is 6.61 Å². The summed E-state index contributed by atoms with van der Waals surface area (Å²) in [7, 11) is -4.99. The van der Waals surface area contributed by atoms with Crippen molar-refractivity contribution in [2.45, 2.75) is 12.2 Å². The van der Waals surface area contributed by atoms with Crippen LogP contribution in [0, 0.1) is 0 Å². The Hall–Kier alpha value is -1.40. The summed E-state index contributed by atoms with van der Waals surface area (Å²) in [6.07, 6.45) is -3.26. The lowest BCUT2D eigenvalue weighted by atomic mass is 10.2. The minimum absolute atomic E-state index is 0. The van der Waals surface area contributed by atoms with Gasteiger partial charge in [0.1, 0.15) is 6.10 Å². The Kier molecular flexibility index (Phi) is 4.85. The number of esters is 1. The summed E-state index contributed by atoms with van der Waals surface area (Å²) in [5, 5.41) is 26.9. The van der Waals surface area contributed by atoms with Crippen LogP contribution in [0.15, 0.2) is 11.5 Å². The fraction of sp³-hybridized carbons (Fsp3) is 0.500. The SMILES string of the molecule is N.O=C1O[C@H]([C@@H](O)CO)C(O)=C1OS(=O)(=O)O. The van der Waals surface area contributed by atoms with Gasteiger partial charge in [0.25, 0.3) is 5.76 Å². The van der Waals surface area contributed by atoms with Crippen molar-refractivity contribution in [3.05, 3.63) is 11.5 Å². The van der Waals surface area contributed by atoms with E-state index in [1.54, 1.807) is 0 Å². The molecule has 10 nitrogen and oxygen atoms in total. The van der Waals surface area contributed by atoms with E-state index in [4.69, 9.17) is 14.8 Å². The number of cyclic esters (lactones) is 1. The predicted octanol–water partition coefficient (Wildman–Crippen LogP) is -1.98. The van der Waals surface area contributed by atoms with Crippen LogP contribution in [0.25, 0.3) is 0 Å². The highest BCUT2D eigenvalue weighted by molar-refractivity contribution is 7.81. The van der Waals surface area contributed by atoms with Gasteiger partial charge >= 0.3 is 16.4 Å². The number of hydrogen-bond donors (Lipinski definition) is 5. The molecule has 1 aliphatic heterocycles. The van der Waals surface area contributed by atoms with Crippen LogP contribution in [0.2, 0.25) is 0 Å². The minimum atomic E-state index is -4.99. The lowest BCUT2D eigenvalue weighted by Crippen LogP contribution is -2.31. The molecule has 17 heavy (non-hydrogen) atoms. The fourth-order valence-corrected chi connectivity index (χ4v) is 1.36. The molecule has 0 aliphatic carbocycles. The third-order valence-corrected chi connectivity index (χ3v) is 2.02. The largest absolute Gasteiger partial charge is 0.505 e. The molecule has 1 aliphatic rings. The quantitative estimate of drug-likeness (QED) is 0.283. The molecule has 0 saturated heterocycles. The van der Waals surface area contributed by atoms with Crippen LogP contribution in [-0.2, 0) is 24.1 Å². The monoisotopic (exact) mass is 273 g/mol. The van der Waals surface area contributed by atoms with Crippen molar-refractivity contribution in [1.29, 1.82) is 0 Å². The minimum Gasteiger partial charge on any atom is -0.505 e. The number of carbonyl (C=O) groups excluding carboxylic acids is 1. The van der Waals surface area contributed by atoms with Crippen LogP contribution in [0.3, 0.4) is 0 Å². The second-order valence-corrected chi connectivity index (χ2v) is 3.82. The molecule has 7 N–H and O–H groups in total. The first-order chi connectivity index (χ1) is 7.26. The molecule has 0 radical (unpaired) electrons. The normalized spacial score (nSPS) is 21.8. The zero-order valence-corrected chi connectivity index (χ0v) is 9.12. The van der Waals surface area contributed by atoms with Crippen LogP contribution >= 0.6 is 0 Å². The Morgan fingerprint density at radius 1 is 1.47 bits per heavy atom. The number of ether oxygens (including phenoxy) is 1. The lowest BCUT2D eigenvalue weighted by Gasteiger charge is -2.13. The number of rotatable bonds is 4.